The summed E-state index contributed by atoms with van der Waals surface area (Å²) >= 11 is 0. The number of benzene rings is 2. The van der Waals surface area contributed by atoms with Crippen LogP contribution in [0.15, 0.2) is 42.5 Å². The van der Waals surface area contributed by atoms with Crippen LogP contribution in [0, 0.1) is 20.8 Å². The molecule has 2 aromatic carbocycles. The SMILES string of the molecule is Cc1cccc(C(c2cc(C)cc(C)c2)N2CCCC2C(=O)O)c1. The molecule has 2 aromatic rings. The van der Waals surface area contributed by atoms with E-state index in [1.54, 1.807) is 0 Å². The molecule has 1 saturated heterocycles. The van der Waals surface area contributed by atoms with Gasteiger partial charge in [0, 0.05) is 6.54 Å². The zero-order chi connectivity index (χ0) is 17.3. The van der Waals surface area contributed by atoms with Crippen LogP contribution in [0.2, 0.25) is 0 Å². The lowest BCUT2D eigenvalue weighted by atomic mass is 9.93. The molecule has 0 aromatic heterocycles. The van der Waals surface area contributed by atoms with E-state index < -0.39 is 12.0 Å². The quantitative estimate of drug-likeness (QED) is 0.914. The molecule has 0 aliphatic carbocycles. The molecule has 1 aliphatic rings. The predicted molar refractivity (Wildman–Crippen MR) is 96.3 cm³/mol. The maximum absolute atomic E-state index is 11.7. The molecule has 3 rings (SSSR count). The van der Waals surface area contributed by atoms with Gasteiger partial charge >= 0.3 is 5.97 Å². The number of carboxylic acids is 1. The lowest BCUT2D eigenvalue weighted by Gasteiger charge is -2.32. The minimum absolute atomic E-state index is 0.00731. The highest BCUT2D eigenvalue weighted by Crippen LogP contribution is 2.36. The summed E-state index contributed by atoms with van der Waals surface area (Å²) in [7, 11) is 0. The highest BCUT2D eigenvalue weighted by atomic mass is 16.4. The van der Waals surface area contributed by atoms with Crippen molar-refractivity contribution in [1.29, 1.82) is 0 Å². The van der Waals surface area contributed by atoms with E-state index >= 15 is 0 Å². The lowest BCUT2D eigenvalue weighted by Crippen LogP contribution is -2.39. The summed E-state index contributed by atoms with van der Waals surface area (Å²) in [4.78, 5) is 13.9. The average molecular weight is 323 g/mol. The Morgan fingerprint density at radius 2 is 1.71 bits per heavy atom. The molecule has 2 unspecified atom stereocenters. The summed E-state index contributed by atoms with van der Waals surface area (Å²) in [5.74, 6) is -0.713. The van der Waals surface area contributed by atoms with Crippen LogP contribution in [0.25, 0.3) is 0 Å². The molecule has 1 N–H and O–H groups in total. The Labute approximate surface area is 143 Å². The standard InChI is InChI=1S/C21H25NO2/c1-14-6-4-7-17(11-14)20(18-12-15(2)10-16(3)13-18)22-9-5-8-19(22)21(23)24/h4,6-7,10-13,19-20H,5,8-9H2,1-3H3,(H,23,24). The number of carboxylic acid groups (broad SMARTS) is 1. The van der Waals surface area contributed by atoms with Gasteiger partial charge in [0.2, 0.25) is 0 Å². The van der Waals surface area contributed by atoms with Crippen LogP contribution >= 0.6 is 0 Å². The summed E-state index contributed by atoms with van der Waals surface area (Å²) in [6, 6.07) is 14.6. The van der Waals surface area contributed by atoms with Gasteiger partial charge in [-0.2, -0.15) is 0 Å². The second kappa shape index (κ2) is 6.78. The Morgan fingerprint density at radius 3 is 2.33 bits per heavy atom. The minimum Gasteiger partial charge on any atom is -0.480 e. The number of hydrogen-bond donors (Lipinski definition) is 1. The fraction of sp³-hybridized carbons (Fsp3) is 0.381. The number of nitrogens with zero attached hydrogens (tertiary/aromatic N) is 1. The number of aryl methyl sites for hydroxylation is 3. The molecule has 0 bridgehead atoms. The smallest absolute Gasteiger partial charge is 0.320 e. The van der Waals surface area contributed by atoms with Crippen molar-refractivity contribution in [2.45, 2.75) is 45.7 Å². The van der Waals surface area contributed by atoms with E-state index in [1.807, 2.05) is 0 Å². The molecule has 24 heavy (non-hydrogen) atoms. The first-order valence-corrected chi connectivity index (χ1v) is 8.59. The van der Waals surface area contributed by atoms with Crippen molar-refractivity contribution in [3.63, 3.8) is 0 Å². The Morgan fingerprint density at radius 1 is 1.04 bits per heavy atom. The molecular weight excluding hydrogens is 298 g/mol. The Kier molecular flexibility index (Phi) is 4.72. The van der Waals surface area contributed by atoms with E-state index in [0.717, 1.165) is 19.4 Å². The number of likely N-dealkylation sites (tertiary alicyclic amines) is 1. The van der Waals surface area contributed by atoms with Gasteiger partial charge in [0.05, 0.1) is 6.04 Å². The van der Waals surface area contributed by atoms with Crippen molar-refractivity contribution in [3.05, 3.63) is 70.3 Å². The Bertz CT molecular complexity index is 733. The van der Waals surface area contributed by atoms with Gasteiger partial charge in [-0.05, 0) is 44.7 Å². The molecule has 1 aliphatic heterocycles. The Hall–Kier alpha value is -2.13. The molecule has 0 spiro atoms. The molecular formula is C21H25NO2. The van der Waals surface area contributed by atoms with Gasteiger partial charge in [-0.1, -0.05) is 59.2 Å². The predicted octanol–water partition coefficient (Wildman–Crippen LogP) is 4.25. The summed E-state index contributed by atoms with van der Waals surface area (Å²) in [5, 5.41) is 9.65. The zero-order valence-electron chi connectivity index (χ0n) is 14.6. The number of aliphatic carboxylic acids is 1. The first-order chi connectivity index (χ1) is 11.5. The molecule has 1 heterocycles. The van der Waals surface area contributed by atoms with E-state index in [2.05, 4.69) is 68.1 Å². The van der Waals surface area contributed by atoms with E-state index in [9.17, 15) is 9.90 Å². The second-order valence-corrected chi connectivity index (χ2v) is 6.97. The van der Waals surface area contributed by atoms with Crippen LogP contribution in [-0.2, 0) is 4.79 Å². The van der Waals surface area contributed by atoms with Crippen LogP contribution in [0.3, 0.4) is 0 Å². The molecule has 126 valence electrons. The largest absolute Gasteiger partial charge is 0.480 e. The van der Waals surface area contributed by atoms with E-state index in [4.69, 9.17) is 0 Å². The van der Waals surface area contributed by atoms with Gasteiger partial charge in [-0.15, -0.1) is 0 Å². The minimum atomic E-state index is -0.713. The van der Waals surface area contributed by atoms with E-state index in [-0.39, 0.29) is 6.04 Å². The van der Waals surface area contributed by atoms with Crippen molar-refractivity contribution < 1.29 is 9.90 Å². The van der Waals surface area contributed by atoms with Crippen molar-refractivity contribution in [2.24, 2.45) is 0 Å². The molecule has 3 heteroatoms. The molecule has 0 amide bonds. The first-order valence-electron chi connectivity index (χ1n) is 8.59. The lowest BCUT2D eigenvalue weighted by molar-refractivity contribution is -0.142. The summed E-state index contributed by atoms with van der Waals surface area (Å²) < 4.78 is 0. The van der Waals surface area contributed by atoms with Crippen molar-refractivity contribution in [1.82, 2.24) is 4.90 Å². The monoisotopic (exact) mass is 323 g/mol. The van der Waals surface area contributed by atoms with Crippen LogP contribution in [0.4, 0.5) is 0 Å². The van der Waals surface area contributed by atoms with Crippen LogP contribution in [0.5, 0.6) is 0 Å². The maximum atomic E-state index is 11.7. The number of hydrogen-bond acceptors (Lipinski definition) is 2. The molecule has 3 nitrogen and oxygen atoms in total. The number of carbonyl (C=O) groups is 1. The van der Waals surface area contributed by atoms with Crippen LogP contribution in [0.1, 0.15) is 46.7 Å². The third kappa shape index (κ3) is 3.36. The van der Waals surface area contributed by atoms with Crippen molar-refractivity contribution in [3.8, 4) is 0 Å². The van der Waals surface area contributed by atoms with Gasteiger partial charge in [0.25, 0.3) is 0 Å². The van der Waals surface area contributed by atoms with E-state index in [0.29, 0.717) is 0 Å². The molecule has 0 saturated carbocycles. The van der Waals surface area contributed by atoms with Gasteiger partial charge < -0.3 is 5.11 Å². The zero-order valence-corrected chi connectivity index (χ0v) is 14.6. The Balaban J connectivity index is 2.12. The highest BCUT2D eigenvalue weighted by Gasteiger charge is 2.36. The summed E-state index contributed by atoms with van der Waals surface area (Å²) in [5.41, 5.74) is 6.00. The molecule has 1 fully saturated rings. The maximum Gasteiger partial charge on any atom is 0.320 e. The third-order valence-electron chi connectivity index (χ3n) is 4.83. The van der Waals surface area contributed by atoms with Crippen molar-refractivity contribution >= 4 is 5.97 Å². The fourth-order valence-corrected chi connectivity index (χ4v) is 3.95. The third-order valence-corrected chi connectivity index (χ3v) is 4.83. The van der Waals surface area contributed by atoms with E-state index in [1.165, 1.54) is 27.8 Å². The van der Waals surface area contributed by atoms with Crippen molar-refractivity contribution in [2.75, 3.05) is 6.54 Å². The topological polar surface area (TPSA) is 40.5 Å². The van der Waals surface area contributed by atoms with Gasteiger partial charge in [-0.3, -0.25) is 9.69 Å². The average Bonchev–Trinajstić information content (AvgIpc) is 2.96. The number of rotatable bonds is 4. The molecule has 0 radical (unpaired) electrons. The van der Waals surface area contributed by atoms with Gasteiger partial charge in [-0.25, -0.2) is 0 Å². The summed E-state index contributed by atoms with van der Waals surface area (Å²) in [6.45, 7) is 7.11. The highest BCUT2D eigenvalue weighted by molar-refractivity contribution is 5.74. The van der Waals surface area contributed by atoms with Crippen LogP contribution in [-0.4, -0.2) is 28.6 Å². The molecule has 2 atom stereocenters. The first kappa shape index (κ1) is 16.7. The van der Waals surface area contributed by atoms with Gasteiger partial charge in [0.1, 0.15) is 6.04 Å². The normalized spacial score (nSPS) is 19.4. The van der Waals surface area contributed by atoms with Gasteiger partial charge in [0.15, 0.2) is 0 Å². The van der Waals surface area contributed by atoms with Crippen LogP contribution < -0.4 is 0 Å². The fourth-order valence-electron chi connectivity index (χ4n) is 3.95. The summed E-state index contributed by atoms with van der Waals surface area (Å²) in [6.07, 6.45) is 1.66. The second-order valence-electron chi connectivity index (χ2n) is 6.97.